The predicted octanol–water partition coefficient (Wildman–Crippen LogP) is 2.58. The van der Waals surface area contributed by atoms with Crippen LogP contribution in [0.2, 0.25) is 0 Å². The normalized spacial score (nSPS) is 10.8. The van der Waals surface area contributed by atoms with Gasteiger partial charge in [-0.25, -0.2) is 0 Å². The molecule has 2 aromatic heterocycles. The molecule has 5 nitrogen and oxygen atoms in total. The van der Waals surface area contributed by atoms with E-state index in [1.165, 1.54) is 0 Å². The zero-order valence-corrected chi connectivity index (χ0v) is 12.0. The van der Waals surface area contributed by atoms with Gasteiger partial charge in [-0.05, 0) is 18.3 Å². The van der Waals surface area contributed by atoms with Gasteiger partial charge in [-0.2, -0.15) is 10.2 Å². The van der Waals surface area contributed by atoms with E-state index in [2.05, 4.69) is 15.3 Å². The summed E-state index contributed by atoms with van der Waals surface area (Å²) in [4.78, 5) is 0. The molecule has 0 bridgehead atoms. The van der Waals surface area contributed by atoms with Crippen LogP contribution in [-0.2, 0) is 20.0 Å². The van der Waals surface area contributed by atoms with Crippen LogP contribution < -0.4 is 0 Å². The summed E-state index contributed by atoms with van der Waals surface area (Å²) in [6.07, 6.45) is 2.77. The van der Waals surface area contributed by atoms with Gasteiger partial charge < -0.3 is 0 Å². The Morgan fingerprint density at radius 2 is 2.00 bits per heavy atom. The Kier molecular flexibility index (Phi) is 3.47. The standard InChI is InChI=1S/C14H15N5S/c1-18-9-7-12(17-18)8-10-19-13(15-16-14(19)20)11-5-3-2-4-6-11/h2-7,9H,8,10H2,1H3,(H,16,20). The topological polar surface area (TPSA) is 51.4 Å². The van der Waals surface area contributed by atoms with Crippen molar-refractivity contribution >= 4 is 12.2 Å². The summed E-state index contributed by atoms with van der Waals surface area (Å²) in [5.74, 6) is 0.867. The van der Waals surface area contributed by atoms with Crippen molar-refractivity contribution in [3.63, 3.8) is 0 Å². The highest BCUT2D eigenvalue weighted by Crippen LogP contribution is 2.17. The van der Waals surface area contributed by atoms with Gasteiger partial charge in [0.25, 0.3) is 0 Å². The first-order valence-corrected chi connectivity index (χ1v) is 6.84. The molecule has 0 aliphatic rings. The fraction of sp³-hybridized carbons (Fsp3) is 0.214. The Bertz CT molecular complexity index is 753. The molecule has 1 N–H and O–H groups in total. The molecule has 0 saturated carbocycles. The first kappa shape index (κ1) is 12.8. The van der Waals surface area contributed by atoms with Crippen molar-refractivity contribution in [1.82, 2.24) is 24.5 Å². The Balaban J connectivity index is 1.86. The quantitative estimate of drug-likeness (QED) is 0.750. The fourth-order valence-electron chi connectivity index (χ4n) is 2.16. The molecule has 2 heterocycles. The average molecular weight is 285 g/mol. The number of nitrogens with one attached hydrogen (secondary N) is 1. The molecule has 3 aromatic rings. The van der Waals surface area contributed by atoms with Crippen molar-refractivity contribution in [2.75, 3.05) is 0 Å². The minimum absolute atomic E-state index is 0.639. The Labute approximate surface area is 121 Å². The molecule has 0 radical (unpaired) electrons. The molecular formula is C14H15N5S. The minimum Gasteiger partial charge on any atom is -0.300 e. The number of aryl methyl sites for hydroxylation is 2. The van der Waals surface area contributed by atoms with E-state index in [0.29, 0.717) is 4.77 Å². The van der Waals surface area contributed by atoms with Crippen LogP contribution in [0.3, 0.4) is 0 Å². The van der Waals surface area contributed by atoms with Crippen molar-refractivity contribution in [2.24, 2.45) is 7.05 Å². The number of benzene rings is 1. The van der Waals surface area contributed by atoms with E-state index in [1.807, 2.05) is 58.9 Å². The lowest BCUT2D eigenvalue weighted by atomic mass is 10.2. The van der Waals surface area contributed by atoms with Crippen LogP contribution in [0.25, 0.3) is 11.4 Å². The summed E-state index contributed by atoms with van der Waals surface area (Å²) in [5.41, 5.74) is 2.11. The van der Waals surface area contributed by atoms with Crippen LogP contribution in [0.4, 0.5) is 0 Å². The highest BCUT2D eigenvalue weighted by Gasteiger charge is 2.08. The van der Waals surface area contributed by atoms with E-state index in [0.717, 1.165) is 30.0 Å². The summed E-state index contributed by atoms with van der Waals surface area (Å²) in [5, 5.41) is 11.6. The summed E-state index contributed by atoms with van der Waals surface area (Å²) in [6, 6.07) is 12.1. The smallest absolute Gasteiger partial charge is 0.195 e. The first-order chi connectivity index (χ1) is 9.74. The molecule has 0 fully saturated rings. The highest BCUT2D eigenvalue weighted by molar-refractivity contribution is 7.71. The van der Waals surface area contributed by atoms with Gasteiger partial charge in [0, 0.05) is 31.8 Å². The zero-order chi connectivity index (χ0) is 13.9. The monoisotopic (exact) mass is 285 g/mol. The third-order valence-electron chi connectivity index (χ3n) is 3.15. The van der Waals surface area contributed by atoms with Crippen LogP contribution in [0, 0.1) is 4.77 Å². The molecule has 102 valence electrons. The second-order valence-electron chi connectivity index (χ2n) is 4.60. The highest BCUT2D eigenvalue weighted by atomic mass is 32.1. The van der Waals surface area contributed by atoms with Gasteiger partial charge in [0.15, 0.2) is 10.6 Å². The predicted molar refractivity (Wildman–Crippen MR) is 79.8 cm³/mol. The van der Waals surface area contributed by atoms with E-state index < -0.39 is 0 Å². The Morgan fingerprint density at radius 1 is 1.20 bits per heavy atom. The lowest BCUT2D eigenvalue weighted by Crippen LogP contribution is -2.04. The van der Waals surface area contributed by atoms with Gasteiger partial charge in [-0.1, -0.05) is 30.3 Å². The van der Waals surface area contributed by atoms with Crippen molar-refractivity contribution in [3.8, 4) is 11.4 Å². The van der Waals surface area contributed by atoms with Gasteiger partial charge in [0.2, 0.25) is 0 Å². The van der Waals surface area contributed by atoms with Crippen LogP contribution in [-0.4, -0.2) is 24.5 Å². The number of hydrogen-bond donors (Lipinski definition) is 1. The molecule has 0 atom stereocenters. The van der Waals surface area contributed by atoms with E-state index in [-0.39, 0.29) is 0 Å². The summed E-state index contributed by atoms with van der Waals surface area (Å²) < 4.78 is 4.46. The largest absolute Gasteiger partial charge is 0.300 e. The molecule has 0 aliphatic carbocycles. The van der Waals surface area contributed by atoms with E-state index in [9.17, 15) is 0 Å². The number of hydrogen-bond acceptors (Lipinski definition) is 3. The van der Waals surface area contributed by atoms with E-state index >= 15 is 0 Å². The number of aromatic amines is 1. The van der Waals surface area contributed by atoms with Crippen molar-refractivity contribution in [1.29, 1.82) is 0 Å². The summed E-state index contributed by atoms with van der Waals surface area (Å²) in [7, 11) is 1.92. The van der Waals surface area contributed by atoms with Gasteiger partial charge in [-0.15, -0.1) is 0 Å². The number of aromatic nitrogens is 5. The molecule has 0 aliphatic heterocycles. The molecule has 0 unspecified atom stereocenters. The van der Waals surface area contributed by atoms with Crippen molar-refractivity contribution in [2.45, 2.75) is 13.0 Å². The molecule has 0 amide bonds. The summed E-state index contributed by atoms with van der Waals surface area (Å²) >= 11 is 5.31. The molecule has 1 aromatic carbocycles. The molecular weight excluding hydrogens is 270 g/mol. The Morgan fingerprint density at radius 3 is 2.70 bits per heavy atom. The number of nitrogens with zero attached hydrogens (tertiary/aromatic N) is 4. The van der Waals surface area contributed by atoms with Crippen LogP contribution >= 0.6 is 12.2 Å². The fourth-order valence-corrected chi connectivity index (χ4v) is 2.38. The van der Waals surface area contributed by atoms with E-state index in [4.69, 9.17) is 12.2 Å². The molecule has 6 heteroatoms. The second-order valence-corrected chi connectivity index (χ2v) is 4.99. The maximum atomic E-state index is 5.31. The van der Waals surface area contributed by atoms with Crippen LogP contribution in [0.5, 0.6) is 0 Å². The maximum Gasteiger partial charge on any atom is 0.195 e. The molecule has 20 heavy (non-hydrogen) atoms. The lowest BCUT2D eigenvalue weighted by Gasteiger charge is -2.05. The first-order valence-electron chi connectivity index (χ1n) is 6.43. The third-order valence-corrected chi connectivity index (χ3v) is 3.46. The molecule has 0 saturated heterocycles. The molecule has 0 spiro atoms. The molecule has 3 rings (SSSR count). The van der Waals surface area contributed by atoms with Gasteiger partial charge in [0.1, 0.15) is 0 Å². The lowest BCUT2D eigenvalue weighted by molar-refractivity contribution is 0.661. The second kappa shape index (κ2) is 5.42. The number of H-pyrrole nitrogens is 1. The SMILES string of the molecule is Cn1ccc(CCn2c(-c3ccccc3)n[nH]c2=S)n1. The zero-order valence-electron chi connectivity index (χ0n) is 11.2. The Hall–Kier alpha value is -2.21. The summed E-state index contributed by atoms with van der Waals surface area (Å²) in [6.45, 7) is 0.760. The van der Waals surface area contributed by atoms with Crippen molar-refractivity contribution < 1.29 is 0 Å². The number of rotatable bonds is 4. The van der Waals surface area contributed by atoms with Gasteiger partial charge >= 0.3 is 0 Å². The maximum absolute atomic E-state index is 5.31. The van der Waals surface area contributed by atoms with Crippen molar-refractivity contribution in [3.05, 3.63) is 53.1 Å². The van der Waals surface area contributed by atoms with Gasteiger partial charge in [0.05, 0.1) is 5.69 Å². The average Bonchev–Trinajstić information content (AvgIpc) is 3.04. The minimum atomic E-state index is 0.639. The third kappa shape index (κ3) is 2.55. The van der Waals surface area contributed by atoms with Crippen LogP contribution in [0.15, 0.2) is 42.6 Å². The van der Waals surface area contributed by atoms with Crippen LogP contribution in [0.1, 0.15) is 5.69 Å². The van der Waals surface area contributed by atoms with Gasteiger partial charge in [-0.3, -0.25) is 14.3 Å². The van der Waals surface area contributed by atoms with E-state index in [1.54, 1.807) is 0 Å².